The molecule has 0 aliphatic heterocycles. The normalized spacial score (nSPS) is 12.4. The molecule has 16 heavy (non-hydrogen) atoms. The highest BCUT2D eigenvalue weighted by Crippen LogP contribution is 2.05. The molecule has 90 valence electrons. The van der Waals surface area contributed by atoms with Crippen molar-refractivity contribution in [1.29, 1.82) is 0 Å². The van der Waals surface area contributed by atoms with Crippen molar-refractivity contribution in [3.8, 4) is 0 Å². The van der Waals surface area contributed by atoms with Crippen molar-refractivity contribution in [2.45, 2.75) is 39.3 Å². The van der Waals surface area contributed by atoms with E-state index in [-0.39, 0.29) is 11.9 Å². The van der Waals surface area contributed by atoms with E-state index in [1.54, 1.807) is 11.3 Å². The maximum Gasteiger partial charge on any atom is 0.236 e. The fourth-order valence-electron chi connectivity index (χ4n) is 1.30. The second kappa shape index (κ2) is 7.41. The minimum absolute atomic E-state index is 0.0867. The number of hydrogen-bond acceptors (Lipinski definition) is 3. The van der Waals surface area contributed by atoms with Crippen LogP contribution in [0, 0.1) is 0 Å². The van der Waals surface area contributed by atoms with Crippen molar-refractivity contribution in [2.24, 2.45) is 0 Å². The van der Waals surface area contributed by atoms with Crippen LogP contribution in [0.5, 0.6) is 0 Å². The van der Waals surface area contributed by atoms with Gasteiger partial charge in [-0.05, 0) is 35.7 Å². The Kier molecular flexibility index (Phi) is 6.11. The SMILES string of the molecule is CCCCNC(=O)C(C)NCc1ccsc1. The fourth-order valence-corrected chi connectivity index (χ4v) is 1.97. The van der Waals surface area contributed by atoms with Gasteiger partial charge < -0.3 is 10.6 Å². The third-order valence-electron chi connectivity index (χ3n) is 2.42. The third-order valence-corrected chi connectivity index (χ3v) is 3.15. The van der Waals surface area contributed by atoms with Gasteiger partial charge in [0.05, 0.1) is 6.04 Å². The Balaban J connectivity index is 2.18. The maximum absolute atomic E-state index is 11.6. The summed E-state index contributed by atoms with van der Waals surface area (Å²) in [6.07, 6.45) is 2.15. The number of hydrogen-bond donors (Lipinski definition) is 2. The van der Waals surface area contributed by atoms with Crippen LogP contribution >= 0.6 is 11.3 Å². The van der Waals surface area contributed by atoms with Gasteiger partial charge in [0, 0.05) is 13.1 Å². The molecular formula is C12H20N2OS. The Morgan fingerprint density at radius 1 is 1.56 bits per heavy atom. The van der Waals surface area contributed by atoms with Gasteiger partial charge in [-0.3, -0.25) is 4.79 Å². The highest BCUT2D eigenvalue weighted by molar-refractivity contribution is 7.07. The van der Waals surface area contributed by atoms with Crippen LogP contribution in [-0.2, 0) is 11.3 Å². The highest BCUT2D eigenvalue weighted by atomic mass is 32.1. The second-order valence-electron chi connectivity index (χ2n) is 3.88. The Hall–Kier alpha value is -0.870. The number of amides is 1. The molecule has 0 aliphatic rings. The molecule has 0 radical (unpaired) electrons. The largest absolute Gasteiger partial charge is 0.355 e. The molecule has 1 rings (SSSR count). The zero-order valence-corrected chi connectivity index (χ0v) is 10.8. The van der Waals surface area contributed by atoms with Crippen molar-refractivity contribution >= 4 is 17.2 Å². The molecule has 3 nitrogen and oxygen atoms in total. The molecule has 0 aliphatic carbocycles. The molecule has 1 aromatic rings. The molecule has 1 heterocycles. The van der Waals surface area contributed by atoms with Crippen molar-refractivity contribution in [3.63, 3.8) is 0 Å². The van der Waals surface area contributed by atoms with E-state index >= 15 is 0 Å². The first-order valence-corrected chi connectivity index (χ1v) is 6.70. The standard InChI is InChI=1S/C12H20N2OS/c1-3-4-6-13-12(15)10(2)14-8-11-5-7-16-9-11/h5,7,9-10,14H,3-4,6,8H2,1-2H3,(H,13,15). The number of carbonyl (C=O) groups is 1. The predicted octanol–water partition coefficient (Wildman–Crippen LogP) is 2.14. The van der Waals surface area contributed by atoms with Gasteiger partial charge in [0.1, 0.15) is 0 Å². The summed E-state index contributed by atoms with van der Waals surface area (Å²) in [7, 11) is 0. The van der Waals surface area contributed by atoms with E-state index < -0.39 is 0 Å². The molecule has 0 saturated heterocycles. The van der Waals surface area contributed by atoms with Gasteiger partial charge >= 0.3 is 0 Å². The molecule has 0 aromatic carbocycles. The molecule has 4 heteroatoms. The van der Waals surface area contributed by atoms with Gasteiger partial charge in [0.25, 0.3) is 0 Å². The van der Waals surface area contributed by atoms with Crippen LogP contribution in [0.15, 0.2) is 16.8 Å². The quantitative estimate of drug-likeness (QED) is 0.717. The molecule has 0 saturated carbocycles. The molecule has 2 N–H and O–H groups in total. The van der Waals surface area contributed by atoms with E-state index in [2.05, 4.69) is 29.0 Å². The molecule has 1 aromatic heterocycles. The van der Waals surface area contributed by atoms with Gasteiger partial charge in [0.15, 0.2) is 0 Å². The summed E-state index contributed by atoms with van der Waals surface area (Å²) in [6.45, 7) is 5.55. The Morgan fingerprint density at radius 3 is 3.00 bits per heavy atom. The number of thiophene rings is 1. The first kappa shape index (κ1) is 13.2. The van der Waals surface area contributed by atoms with Gasteiger partial charge in [-0.2, -0.15) is 11.3 Å². The van der Waals surface area contributed by atoms with Crippen LogP contribution in [-0.4, -0.2) is 18.5 Å². The van der Waals surface area contributed by atoms with Gasteiger partial charge in [-0.15, -0.1) is 0 Å². The summed E-state index contributed by atoms with van der Waals surface area (Å²) in [5.41, 5.74) is 1.23. The number of unbranched alkanes of at least 4 members (excludes halogenated alkanes) is 1. The highest BCUT2D eigenvalue weighted by Gasteiger charge is 2.10. The van der Waals surface area contributed by atoms with Crippen molar-refractivity contribution in [3.05, 3.63) is 22.4 Å². The molecule has 1 unspecified atom stereocenters. The summed E-state index contributed by atoms with van der Waals surface area (Å²) >= 11 is 1.68. The van der Waals surface area contributed by atoms with Gasteiger partial charge in [-0.25, -0.2) is 0 Å². The van der Waals surface area contributed by atoms with Crippen molar-refractivity contribution in [2.75, 3.05) is 6.54 Å². The number of rotatable bonds is 7. The topological polar surface area (TPSA) is 41.1 Å². The lowest BCUT2D eigenvalue weighted by Gasteiger charge is -2.13. The van der Waals surface area contributed by atoms with E-state index in [1.165, 1.54) is 5.56 Å². The van der Waals surface area contributed by atoms with E-state index in [0.717, 1.165) is 25.9 Å². The van der Waals surface area contributed by atoms with Crippen LogP contribution in [0.4, 0.5) is 0 Å². The minimum atomic E-state index is -0.128. The Morgan fingerprint density at radius 2 is 2.38 bits per heavy atom. The zero-order valence-electron chi connectivity index (χ0n) is 9.95. The molecule has 1 amide bonds. The molecular weight excluding hydrogens is 220 g/mol. The second-order valence-corrected chi connectivity index (χ2v) is 4.66. The van der Waals surface area contributed by atoms with Crippen LogP contribution in [0.1, 0.15) is 32.3 Å². The number of nitrogens with one attached hydrogen (secondary N) is 2. The van der Waals surface area contributed by atoms with Crippen molar-refractivity contribution in [1.82, 2.24) is 10.6 Å². The molecule has 0 bridgehead atoms. The van der Waals surface area contributed by atoms with E-state index in [4.69, 9.17) is 0 Å². The average molecular weight is 240 g/mol. The Bertz CT molecular complexity index is 298. The first-order chi connectivity index (χ1) is 7.74. The van der Waals surface area contributed by atoms with Crippen LogP contribution < -0.4 is 10.6 Å². The maximum atomic E-state index is 11.6. The van der Waals surface area contributed by atoms with Crippen LogP contribution in [0.3, 0.4) is 0 Å². The first-order valence-electron chi connectivity index (χ1n) is 5.76. The third kappa shape index (κ3) is 4.77. The van der Waals surface area contributed by atoms with E-state index in [0.29, 0.717) is 0 Å². The van der Waals surface area contributed by atoms with Crippen molar-refractivity contribution < 1.29 is 4.79 Å². The smallest absolute Gasteiger partial charge is 0.236 e. The predicted molar refractivity (Wildman–Crippen MR) is 68.5 cm³/mol. The van der Waals surface area contributed by atoms with Crippen LogP contribution in [0.25, 0.3) is 0 Å². The fraction of sp³-hybridized carbons (Fsp3) is 0.583. The molecule has 0 spiro atoms. The van der Waals surface area contributed by atoms with Gasteiger partial charge in [0.2, 0.25) is 5.91 Å². The van der Waals surface area contributed by atoms with Crippen LogP contribution in [0.2, 0.25) is 0 Å². The van der Waals surface area contributed by atoms with E-state index in [9.17, 15) is 4.79 Å². The Labute approximate surface area is 101 Å². The average Bonchev–Trinajstić information content (AvgIpc) is 2.79. The molecule has 1 atom stereocenters. The summed E-state index contributed by atoms with van der Waals surface area (Å²) in [5, 5.41) is 10.3. The summed E-state index contributed by atoms with van der Waals surface area (Å²) in [4.78, 5) is 11.6. The monoisotopic (exact) mass is 240 g/mol. The number of carbonyl (C=O) groups excluding carboxylic acids is 1. The summed E-state index contributed by atoms with van der Waals surface area (Å²) in [6, 6.07) is 1.94. The lowest BCUT2D eigenvalue weighted by molar-refractivity contribution is -0.122. The lowest BCUT2D eigenvalue weighted by atomic mass is 10.2. The minimum Gasteiger partial charge on any atom is -0.355 e. The zero-order chi connectivity index (χ0) is 11.8. The summed E-state index contributed by atoms with van der Waals surface area (Å²) in [5.74, 6) is 0.0867. The van der Waals surface area contributed by atoms with Gasteiger partial charge in [-0.1, -0.05) is 13.3 Å². The van der Waals surface area contributed by atoms with E-state index in [1.807, 2.05) is 12.3 Å². The lowest BCUT2D eigenvalue weighted by Crippen LogP contribution is -2.42. The summed E-state index contributed by atoms with van der Waals surface area (Å²) < 4.78 is 0. The molecule has 0 fully saturated rings.